The summed E-state index contributed by atoms with van der Waals surface area (Å²) in [6, 6.07) is 12.5. The maximum absolute atomic E-state index is 12.6. The summed E-state index contributed by atoms with van der Waals surface area (Å²) in [4.78, 5) is 19.7. The van der Waals surface area contributed by atoms with Gasteiger partial charge in [0.2, 0.25) is 5.82 Å². The van der Waals surface area contributed by atoms with Gasteiger partial charge in [-0.05, 0) is 63.4 Å². The standard InChI is InChI=1S/C27H32N6O2S2/c1-19-9-3-4-11-22(19)33-25(23-12-7-16-35-23)30-31-27(33)37-18-24-29-21(17-36-24)26(34)28-13-8-15-32-14-6-5-10-20(32)2/h3-4,7,9,11-12,16-17,20H,5-6,8,10,13-15,18H2,1-2H3,(H,28,34). The van der Waals surface area contributed by atoms with Gasteiger partial charge in [-0.2, -0.15) is 0 Å². The van der Waals surface area contributed by atoms with Crippen LogP contribution in [0.2, 0.25) is 0 Å². The molecule has 1 fully saturated rings. The van der Waals surface area contributed by atoms with Gasteiger partial charge in [-0.1, -0.05) is 36.4 Å². The van der Waals surface area contributed by atoms with E-state index in [2.05, 4.69) is 45.3 Å². The van der Waals surface area contributed by atoms with Crippen molar-refractivity contribution >= 4 is 29.0 Å². The van der Waals surface area contributed by atoms with Crippen molar-refractivity contribution in [3.05, 3.63) is 64.3 Å². The van der Waals surface area contributed by atoms with Gasteiger partial charge in [0.05, 0.1) is 17.7 Å². The normalized spacial score (nSPS) is 16.2. The molecule has 0 aliphatic carbocycles. The quantitative estimate of drug-likeness (QED) is 0.209. The molecule has 1 aliphatic rings. The molecule has 1 saturated heterocycles. The molecule has 4 heterocycles. The molecule has 1 amide bonds. The Kier molecular flexibility index (Phi) is 8.38. The molecule has 1 aromatic carbocycles. The Balaban J connectivity index is 1.20. The van der Waals surface area contributed by atoms with Crippen molar-refractivity contribution in [2.75, 3.05) is 19.6 Å². The van der Waals surface area contributed by atoms with Gasteiger partial charge in [0, 0.05) is 24.5 Å². The molecule has 4 aromatic rings. The highest BCUT2D eigenvalue weighted by Crippen LogP contribution is 2.31. The highest BCUT2D eigenvalue weighted by atomic mass is 32.2. The molecule has 0 saturated carbocycles. The summed E-state index contributed by atoms with van der Waals surface area (Å²) >= 11 is 3.03. The molecule has 0 radical (unpaired) electrons. The minimum absolute atomic E-state index is 0.109. The van der Waals surface area contributed by atoms with E-state index in [-0.39, 0.29) is 5.91 Å². The number of benzene rings is 1. The van der Waals surface area contributed by atoms with Crippen LogP contribution in [0.25, 0.3) is 17.3 Å². The van der Waals surface area contributed by atoms with Crippen molar-refractivity contribution in [2.24, 2.45) is 0 Å². The number of aryl methyl sites for hydroxylation is 1. The Morgan fingerprint density at radius 2 is 2.11 bits per heavy atom. The number of thiazole rings is 1. The van der Waals surface area contributed by atoms with Crippen LogP contribution in [0.1, 0.15) is 53.7 Å². The third-order valence-corrected chi connectivity index (χ3v) is 8.66. The van der Waals surface area contributed by atoms with Gasteiger partial charge in [-0.3, -0.25) is 9.36 Å². The summed E-state index contributed by atoms with van der Waals surface area (Å²) in [7, 11) is 0. The second kappa shape index (κ2) is 12.1. The van der Waals surface area contributed by atoms with E-state index in [9.17, 15) is 4.79 Å². The van der Waals surface area contributed by atoms with E-state index in [1.165, 1.54) is 37.1 Å². The van der Waals surface area contributed by atoms with Crippen molar-refractivity contribution in [1.82, 2.24) is 30.0 Å². The summed E-state index contributed by atoms with van der Waals surface area (Å²) < 4.78 is 7.63. The lowest BCUT2D eigenvalue weighted by atomic mass is 10.0. The number of piperidine rings is 1. The number of para-hydroxylation sites is 1. The van der Waals surface area contributed by atoms with Crippen LogP contribution in [0.4, 0.5) is 0 Å². The van der Waals surface area contributed by atoms with E-state index >= 15 is 0 Å². The molecular weight excluding hydrogens is 504 g/mol. The molecule has 194 valence electrons. The Labute approximate surface area is 225 Å². The SMILES string of the molecule is Cc1ccccc1-n1c(SCc2nc(C(=O)NCCCN3CCCCC3C)cs2)nnc1-c1ccco1. The van der Waals surface area contributed by atoms with Gasteiger partial charge in [-0.15, -0.1) is 21.5 Å². The van der Waals surface area contributed by atoms with E-state index in [0.717, 1.165) is 34.4 Å². The van der Waals surface area contributed by atoms with E-state index in [4.69, 9.17) is 4.42 Å². The zero-order valence-electron chi connectivity index (χ0n) is 21.2. The number of furan rings is 1. The number of hydrogen-bond acceptors (Lipinski definition) is 8. The third kappa shape index (κ3) is 6.14. The molecule has 1 N–H and O–H groups in total. The van der Waals surface area contributed by atoms with Crippen molar-refractivity contribution in [3.8, 4) is 17.3 Å². The first-order valence-corrected chi connectivity index (χ1v) is 14.6. The first kappa shape index (κ1) is 25.7. The summed E-state index contributed by atoms with van der Waals surface area (Å²) in [5.41, 5.74) is 2.59. The predicted octanol–water partition coefficient (Wildman–Crippen LogP) is 5.58. The number of carbonyl (C=O) groups excluding carboxylic acids is 1. The lowest BCUT2D eigenvalue weighted by Gasteiger charge is -2.33. The fourth-order valence-electron chi connectivity index (χ4n) is 4.63. The lowest BCUT2D eigenvalue weighted by molar-refractivity contribution is 0.0944. The van der Waals surface area contributed by atoms with E-state index < -0.39 is 0 Å². The Morgan fingerprint density at radius 1 is 1.22 bits per heavy atom. The Bertz CT molecular complexity index is 1320. The van der Waals surface area contributed by atoms with Gasteiger partial charge < -0.3 is 14.6 Å². The first-order valence-electron chi connectivity index (χ1n) is 12.7. The maximum atomic E-state index is 12.6. The Morgan fingerprint density at radius 3 is 2.92 bits per heavy atom. The number of amides is 1. The smallest absolute Gasteiger partial charge is 0.270 e. The molecule has 0 spiro atoms. The maximum Gasteiger partial charge on any atom is 0.270 e. The monoisotopic (exact) mass is 536 g/mol. The summed E-state index contributed by atoms with van der Waals surface area (Å²) in [5, 5.41) is 15.3. The number of hydrogen-bond donors (Lipinski definition) is 1. The van der Waals surface area contributed by atoms with Crippen LogP contribution >= 0.6 is 23.1 Å². The van der Waals surface area contributed by atoms with Crippen LogP contribution in [0.15, 0.2) is 57.6 Å². The summed E-state index contributed by atoms with van der Waals surface area (Å²) in [5.74, 6) is 1.79. The second-order valence-corrected chi connectivity index (χ2v) is 11.2. The van der Waals surface area contributed by atoms with Crippen LogP contribution in [-0.4, -0.2) is 56.2 Å². The van der Waals surface area contributed by atoms with Gasteiger partial charge in [0.1, 0.15) is 10.7 Å². The van der Waals surface area contributed by atoms with E-state index in [0.29, 0.717) is 35.6 Å². The fraction of sp³-hybridized carbons (Fsp3) is 0.407. The average Bonchev–Trinajstić information content (AvgIpc) is 3.67. The van der Waals surface area contributed by atoms with Crippen molar-refractivity contribution in [1.29, 1.82) is 0 Å². The highest BCUT2D eigenvalue weighted by molar-refractivity contribution is 7.98. The lowest BCUT2D eigenvalue weighted by Crippen LogP contribution is -2.39. The number of nitrogens with one attached hydrogen (secondary N) is 1. The second-order valence-electron chi connectivity index (χ2n) is 9.31. The zero-order chi connectivity index (χ0) is 25.6. The number of nitrogens with zero attached hydrogens (tertiary/aromatic N) is 5. The fourth-order valence-corrected chi connectivity index (χ4v) is 6.37. The molecule has 8 nitrogen and oxygen atoms in total. The molecule has 0 bridgehead atoms. The van der Waals surface area contributed by atoms with Crippen molar-refractivity contribution < 1.29 is 9.21 Å². The third-order valence-electron chi connectivity index (χ3n) is 6.69. The molecule has 1 aliphatic heterocycles. The number of rotatable bonds is 10. The molecular formula is C27H32N6O2S2. The summed E-state index contributed by atoms with van der Waals surface area (Å²) in [6.45, 7) is 7.23. The number of carbonyl (C=O) groups is 1. The van der Waals surface area contributed by atoms with E-state index in [1.54, 1.807) is 18.0 Å². The minimum atomic E-state index is -0.109. The number of thioether (sulfide) groups is 1. The minimum Gasteiger partial charge on any atom is -0.461 e. The largest absolute Gasteiger partial charge is 0.461 e. The molecule has 1 unspecified atom stereocenters. The van der Waals surface area contributed by atoms with Crippen LogP contribution in [0, 0.1) is 6.92 Å². The molecule has 3 aromatic heterocycles. The van der Waals surface area contributed by atoms with Crippen LogP contribution < -0.4 is 5.32 Å². The van der Waals surface area contributed by atoms with Crippen molar-refractivity contribution in [2.45, 2.75) is 56.5 Å². The molecule has 1 atom stereocenters. The van der Waals surface area contributed by atoms with E-state index in [1.807, 2.05) is 40.3 Å². The van der Waals surface area contributed by atoms with Gasteiger partial charge in [0.25, 0.3) is 5.91 Å². The van der Waals surface area contributed by atoms with Gasteiger partial charge in [-0.25, -0.2) is 4.98 Å². The van der Waals surface area contributed by atoms with Crippen LogP contribution in [0.5, 0.6) is 0 Å². The number of aromatic nitrogens is 4. The molecule has 37 heavy (non-hydrogen) atoms. The first-order chi connectivity index (χ1) is 18.1. The van der Waals surface area contributed by atoms with Crippen molar-refractivity contribution in [3.63, 3.8) is 0 Å². The molecule has 10 heteroatoms. The predicted molar refractivity (Wildman–Crippen MR) is 147 cm³/mol. The number of likely N-dealkylation sites (tertiary alicyclic amines) is 1. The highest BCUT2D eigenvalue weighted by Gasteiger charge is 2.20. The van der Waals surface area contributed by atoms with Gasteiger partial charge >= 0.3 is 0 Å². The van der Waals surface area contributed by atoms with Gasteiger partial charge in [0.15, 0.2) is 10.9 Å². The topological polar surface area (TPSA) is 89.1 Å². The average molecular weight is 537 g/mol. The molecule has 5 rings (SSSR count). The van der Waals surface area contributed by atoms with Crippen LogP contribution in [0.3, 0.4) is 0 Å². The summed E-state index contributed by atoms with van der Waals surface area (Å²) in [6.07, 6.45) is 6.47. The Hall–Kier alpha value is -2.95. The zero-order valence-corrected chi connectivity index (χ0v) is 22.9. The van der Waals surface area contributed by atoms with Crippen LogP contribution in [-0.2, 0) is 5.75 Å².